The quantitative estimate of drug-likeness (QED) is 0.548. The average molecular weight is 332 g/mol. The smallest absolute Gasteiger partial charge is 0.200 e. The summed E-state index contributed by atoms with van der Waals surface area (Å²) >= 11 is 1.50. The predicted molar refractivity (Wildman–Crippen MR) is 98.2 cm³/mol. The summed E-state index contributed by atoms with van der Waals surface area (Å²) in [5, 5.41) is 0. The molecule has 0 saturated carbocycles. The molecule has 24 heavy (non-hydrogen) atoms. The number of allylic oxidation sites excluding steroid dienone is 1. The van der Waals surface area contributed by atoms with E-state index in [-0.39, 0.29) is 5.78 Å². The molecule has 2 heterocycles. The fourth-order valence-electron chi connectivity index (χ4n) is 2.75. The fraction of sp³-hybridized carbons (Fsp3) is 0.0952. The molecule has 0 saturated heterocycles. The van der Waals surface area contributed by atoms with Crippen molar-refractivity contribution in [1.29, 1.82) is 0 Å². The topological polar surface area (TPSA) is 30.2 Å². The summed E-state index contributed by atoms with van der Waals surface area (Å²) < 4.78 is 5.93. The largest absolute Gasteiger partial charge is 0.457 e. The van der Waals surface area contributed by atoms with Gasteiger partial charge in [0, 0.05) is 16.0 Å². The number of ketones is 1. The van der Waals surface area contributed by atoms with E-state index < -0.39 is 0 Å². The SMILES string of the molecule is Cc1ccc(-c2ccc(/C=C3/Sc4ccccc4C3=O)o2)cc1C. The highest BCUT2D eigenvalue weighted by molar-refractivity contribution is 8.04. The summed E-state index contributed by atoms with van der Waals surface area (Å²) in [5.74, 6) is 1.59. The van der Waals surface area contributed by atoms with Gasteiger partial charge in [0.25, 0.3) is 0 Å². The average Bonchev–Trinajstić information content (AvgIpc) is 3.16. The molecule has 1 aliphatic heterocycles. The Labute approximate surface area is 145 Å². The first-order chi connectivity index (χ1) is 11.6. The molecule has 0 N–H and O–H groups in total. The predicted octanol–water partition coefficient (Wildman–Crippen LogP) is 5.89. The molecule has 0 fully saturated rings. The minimum absolute atomic E-state index is 0.0692. The Morgan fingerprint density at radius 2 is 1.79 bits per heavy atom. The molecule has 4 rings (SSSR count). The van der Waals surface area contributed by atoms with Gasteiger partial charge in [0.1, 0.15) is 11.5 Å². The second-order valence-corrected chi connectivity index (χ2v) is 7.02. The molecular weight excluding hydrogens is 316 g/mol. The van der Waals surface area contributed by atoms with Crippen LogP contribution in [0, 0.1) is 13.8 Å². The van der Waals surface area contributed by atoms with E-state index >= 15 is 0 Å². The number of fused-ring (bicyclic) bond motifs is 1. The van der Waals surface area contributed by atoms with Crippen molar-refractivity contribution in [2.45, 2.75) is 18.7 Å². The Morgan fingerprint density at radius 1 is 0.958 bits per heavy atom. The molecule has 0 bridgehead atoms. The van der Waals surface area contributed by atoms with Crippen LogP contribution in [0.4, 0.5) is 0 Å². The van der Waals surface area contributed by atoms with E-state index in [0.29, 0.717) is 10.7 Å². The maximum Gasteiger partial charge on any atom is 0.200 e. The van der Waals surface area contributed by atoms with Crippen molar-refractivity contribution in [3.8, 4) is 11.3 Å². The highest BCUT2D eigenvalue weighted by atomic mass is 32.2. The fourth-order valence-corrected chi connectivity index (χ4v) is 3.78. The van der Waals surface area contributed by atoms with Crippen molar-refractivity contribution in [1.82, 2.24) is 0 Å². The number of furan rings is 1. The number of hydrogen-bond acceptors (Lipinski definition) is 3. The number of hydrogen-bond donors (Lipinski definition) is 0. The van der Waals surface area contributed by atoms with Gasteiger partial charge in [-0.05, 0) is 61.4 Å². The Morgan fingerprint density at radius 3 is 2.58 bits per heavy atom. The van der Waals surface area contributed by atoms with Crippen LogP contribution in [0.15, 0.2) is 68.8 Å². The van der Waals surface area contributed by atoms with Crippen LogP contribution in [0.1, 0.15) is 27.2 Å². The molecule has 0 unspecified atom stereocenters. The Kier molecular flexibility index (Phi) is 3.66. The molecule has 2 aromatic carbocycles. The Hall–Kier alpha value is -2.52. The van der Waals surface area contributed by atoms with Gasteiger partial charge in [0.05, 0.1) is 4.91 Å². The van der Waals surface area contributed by atoms with Crippen LogP contribution in [0.5, 0.6) is 0 Å². The summed E-state index contributed by atoms with van der Waals surface area (Å²) in [5.41, 5.74) is 4.32. The van der Waals surface area contributed by atoms with Crippen LogP contribution in [0.3, 0.4) is 0 Å². The molecule has 0 amide bonds. The first-order valence-electron chi connectivity index (χ1n) is 7.82. The maximum atomic E-state index is 12.4. The molecular formula is C21H16O2S. The summed E-state index contributed by atoms with van der Waals surface area (Å²) in [6.45, 7) is 4.19. The van der Waals surface area contributed by atoms with Gasteiger partial charge in [-0.15, -0.1) is 0 Å². The highest BCUT2D eigenvalue weighted by Crippen LogP contribution is 2.40. The highest BCUT2D eigenvalue weighted by Gasteiger charge is 2.25. The molecule has 0 spiro atoms. The van der Waals surface area contributed by atoms with Crippen molar-refractivity contribution < 1.29 is 9.21 Å². The molecule has 3 aromatic rings. The van der Waals surface area contributed by atoms with Gasteiger partial charge in [-0.25, -0.2) is 0 Å². The number of aryl methyl sites for hydroxylation is 2. The van der Waals surface area contributed by atoms with Gasteiger partial charge in [-0.1, -0.05) is 36.0 Å². The van der Waals surface area contributed by atoms with Crippen LogP contribution in [-0.2, 0) is 0 Å². The lowest BCUT2D eigenvalue weighted by Gasteiger charge is -2.02. The Balaban J connectivity index is 1.64. The number of Topliss-reactive ketones (excluding diaryl/α,β-unsaturated/α-hetero) is 1. The van der Waals surface area contributed by atoms with E-state index in [1.165, 1.54) is 22.9 Å². The van der Waals surface area contributed by atoms with Crippen LogP contribution in [-0.4, -0.2) is 5.78 Å². The lowest BCUT2D eigenvalue weighted by molar-refractivity contribution is 0.104. The van der Waals surface area contributed by atoms with Gasteiger partial charge in [-0.2, -0.15) is 0 Å². The zero-order chi connectivity index (χ0) is 16.7. The third-order valence-corrected chi connectivity index (χ3v) is 5.37. The van der Waals surface area contributed by atoms with Crippen LogP contribution in [0.25, 0.3) is 17.4 Å². The number of rotatable bonds is 2. The minimum Gasteiger partial charge on any atom is -0.457 e. The monoisotopic (exact) mass is 332 g/mol. The molecule has 1 aromatic heterocycles. The van der Waals surface area contributed by atoms with Crippen LogP contribution < -0.4 is 0 Å². The molecule has 0 radical (unpaired) electrons. The van der Waals surface area contributed by atoms with E-state index in [9.17, 15) is 4.79 Å². The first-order valence-corrected chi connectivity index (χ1v) is 8.64. The Bertz CT molecular complexity index is 979. The summed E-state index contributed by atoms with van der Waals surface area (Å²) in [4.78, 5) is 14.1. The normalized spacial score (nSPS) is 15.1. The standard InChI is InChI=1S/C21H16O2S/c1-13-7-8-15(11-14(13)2)18-10-9-16(23-18)12-20-21(22)17-5-3-4-6-19(17)24-20/h3-12H,1-2H3/b20-12+. The van der Waals surface area contributed by atoms with Crippen molar-refractivity contribution in [2.75, 3.05) is 0 Å². The minimum atomic E-state index is 0.0692. The number of thioether (sulfide) groups is 1. The second kappa shape index (κ2) is 5.84. The van der Waals surface area contributed by atoms with Gasteiger partial charge in [0.2, 0.25) is 5.78 Å². The summed E-state index contributed by atoms with van der Waals surface area (Å²) in [6, 6.07) is 17.8. The third kappa shape index (κ3) is 2.61. The molecule has 0 aliphatic carbocycles. The van der Waals surface area contributed by atoms with Crippen molar-refractivity contribution in [3.05, 3.63) is 82.0 Å². The first kappa shape index (κ1) is 15.0. The summed E-state index contributed by atoms with van der Waals surface area (Å²) in [6.07, 6.45) is 1.83. The maximum absolute atomic E-state index is 12.4. The van der Waals surface area contributed by atoms with Crippen molar-refractivity contribution >= 4 is 23.6 Å². The molecule has 0 atom stereocenters. The zero-order valence-corrected chi connectivity index (χ0v) is 14.3. The van der Waals surface area contributed by atoms with E-state index in [1.54, 1.807) is 0 Å². The second-order valence-electron chi connectivity index (χ2n) is 5.94. The van der Waals surface area contributed by atoms with Gasteiger partial charge < -0.3 is 4.42 Å². The van der Waals surface area contributed by atoms with E-state index in [2.05, 4.69) is 32.0 Å². The summed E-state index contributed by atoms with van der Waals surface area (Å²) in [7, 11) is 0. The number of benzene rings is 2. The molecule has 118 valence electrons. The van der Waals surface area contributed by atoms with Gasteiger partial charge in [0.15, 0.2) is 0 Å². The zero-order valence-electron chi connectivity index (χ0n) is 13.5. The number of carbonyl (C=O) groups is 1. The molecule has 3 heteroatoms. The lowest BCUT2D eigenvalue weighted by Crippen LogP contribution is -1.93. The third-order valence-electron chi connectivity index (χ3n) is 4.27. The van der Waals surface area contributed by atoms with E-state index in [1.807, 2.05) is 42.5 Å². The van der Waals surface area contributed by atoms with Crippen LogP contribution in [0.2, 0.25) is 0 Å². The number of carbonyl (C=O) groups excluding carboxylic acids is 1. The van der Waals surface area contributed by atoms with Gasteiger partial charge >= 0.3 is 0 Å². The lowest BCUT2D eigenvalue weighted by atomic mass is 10.1. The molecule has 2 nitrogen and oxygen atoms in total. The van der Waals surface area contributed by atoms with E-state index in [4.69, 9.17) is 4.42 Å². The van der Waals surface area contributed by atoms with Gasteiger partial charge in [-0.3, -0.25) is 4.79 Å². The van der Waals surface area contributed by atoms with Crippen molar-refractivity contribution in [3.63, 3.8) is 0 Å². The van der Waals surface area contributed by atoms with Crippen molar-refractivity contribution in [2.24, 2.45) is 0 Å². The van der Waals surface area contributed by atoms with Crippen LogP contribution >= 0.6 is 11.8 Å². The van der Waals surface area contributed by atoms with E-state index in [0.717, 1.165) is 21.8 Å². The molecule has 1 aliphatic rings.